The summed E-state index contributed by atoms with van der Waals surface area (Å²) in [5, 5.41) is 5.52. The molecule has 0 atom stereocenters. The summed E-state index contributed by atoms with van der Waals surface area (Å²) in [5.41, 5.74) is 7.19. The van der Waals surface area contributed by atoms with E-state index >= 15 is 0 Å². The molecule has 0 aliphatic rings. The third kappa shape index (κ3) is 3.79. The van der Waals surface area contributed by atoms with Crippen LogP contribution in [0, 0.1) is 0 Å². The summed E-state index contributed by atoms with van der Waals surface area (Å²) < 4.78 is 0. The number of benzene rings is 2. The molecule has 3 nitrogen and oxygen atoms in total. The maximum Gasteiger partial charge on any atom is 0.170 e. The molecule has 0 fully saturated rings. The third-order valence-electron chi connectivity index (χ3n) is 2.57. The van der Waals surface area contributed by atoms with Crippen LogP contribution in [0.4, 0.5) is 0 Å². The van der Waals surface area contributed by atoms with Gasteiger partial charge in [-0.15, -0.1) is 0 Å². The van der Waals surface area contributed by atoms with Crippen LogP contribution in [0.1, 0.15) is 11.1 Å². The Hall–Kier alpha value is -1.42. The monoisotopic (exact) mass is 328 g/mol. The standard InChI is InChI=1S/C14H11Cl3N2O/c15-10-6-4-9(5-7-10)14(18)19-20-8-11-12(16)2-1-3-13(11)17/h1-7H,8H2,(H2,18,19). The molecule has 2 aromatic carbocycles. The zero-order valence-corrected chi connectivity index (χ0v) is 12.6. The molecule has 0 aliphatic carbocycles. The van der Waals surface area contributed by atoms with Gasteiger partial charge in [0.15, 0.2) is 5.84 Å². The lowest BCUT2D eigenvalue weighted by molar-refractivity contribution is 0.130. The van der Waals surface area contributed by atoms with Crippen molar-refractivity contribution in [3.05, 3.63) is 68.7 Å². The van der Waals surface area contributed by atoms with Crippen molar-refractivity contribution in [3.63, 3.8) is 0 Å². The SMILES string of the molecule is NC(=NOCc1c(Cl)cccc1Cl)c1ccc(Cl)cc1. The van der Waals surface area contributed by atoms with Gasteiger partial charge in [0, 0.05) is 26.2 Å². The molecule has 0 saturated heterocycles. The first-order valence-corrected chi connectivity index (χ1v) is 6.85. The van der Waals surface area contributed by atoms with Gasteiger partial charge in [0.1, 0.15) is 6.61 Å². The first-order chi connectivity index (χ1) is 9.58. The average molecular weight is 330 g/mol. The first-order valence-electron chi connectivity index (χ1n) is 5.72. The van der Waals surface area contributed by atoms with E-state index in [2.05, 4.69) is 5.16 Å². The molecule has 0 radical (unpaired) electrons. The van der Waals surface area contributed by atoms with Gasteiger partial charge in [-0.05, 0) is 36.4 Å². The fourth-order valence-corrected chi connectivity index (χ4v) is 2.14. The van der Waals surface area contributed by atoms with Crippen LogP contribution < -0.4 is 5.73 Å². The number of amidine groups is 1. The van der Waals surface area contributed by atoms with Gasteiger partial charge >= 0.3 is 0 Å². The van der Waals surface area contributed by atoms with E-state index in [1.807, 2.05) is 0 Å². The molecule has 0 saturated carbocycles. The van der Waals surface area contributed by atoms with Crippen molar-refractivity contribution < 1.29 is 4.84 Å². The molecule has 0 amide bonds. The number of hydrogen-bond donors (Lipinski definition) is 1. The number of nitrogens with zero attached hydrogens (tertiary/aromatic N) is 1. The van der Waals surface area contributed by atoms with Gasteiger partial charge in [-0.3, -0.25) is 0 Å². The highest BCUT2D eigenvalue weighted by molar-refractivity contribution is 6.35. The van der Waals surface area contributed by atoms with E-state index < -0.39 is 0 Å². The van der Waals surface area contributed by atoms with Crippen molar-refractivity contribution in [3.8, 4) is 0 Å². The van der Waals surface area contributed by atoms with E-state index in [0.717, 1.165) is 5.56 Å². The predicted molar refractivity (Wildman–Crippen MR) is 83.4 cm³/mol. The van der Waals surface area contributed by atoms with Gasteiger partial charge < -0.3 is 10.6 Å². The van der Waals surface area contributed by atoms with E-state index in [1.54, 1.807) is 42.5 Å². The summed E-state index contributed by atoms with van der Waals surface area (Å²) in [6, 6.07) is 12.2. The minimum absolute atomic E-state index is 0.146. The molecule has 0 aromatic heterocycles. The number of halogens is 3. The zero-order valence-electron chi connectivity index (χ0n) is 10.3. The lowest BCUT2D eigenvalue weighted by atomic mass is 10.2. The highest BCUT2D eigenvalue weighted by Gasteiger charge is 2.06. The number of hydrogen-bond acceptors (Lipinski definition) is 2. The van der Waals surface area contributed by atoms with Crippen molar-refractivity contribution in [2.45, 2.75) is 6.61 Å². The molecule has 104 valence electrons. The second kappa shape index (κ2) is 6.84. The Morgan fingerprint density at radius 3 is 2.20 bits per heavy atom. The smallest absolute Gasteiger partial charge is 0.170 e. The van der Waals surface area contributed by atoms with E-state index in [0.29, 0.717) is 20.6 Å². The van der Waals surface area contributed by atoms with Crippen molar-refractivity contribution >= 4 is 40.6 Å². The largest absolute Gasteiger partial charge is 0.389 e. The molecular weight excluding hydrogens is 319 g/mol. The number of nitrogens with two attached hydrogens (primary N) is 1. The molecule has 6 heteroatoms. The molecule has 2 rings (SSSR count). The van der Waals surface area contributed by atoms with Gasteiger partial charge in [-0.2, -0.15) is 0 Å². The molecular formula is C14H11Cl3N2O. The fourth-order valence-electron chi connectivity index (χ4n) is 1.51. The maximum absolute atomic E-state index is 6.02. The molecule has 0 heterocycles. The highest BCUT2D eigenvalue weighted by Crippen LogP contribution is 2.24. The normalized spacial score (nSPS) is 11.4. The van der Waals surface area contributed by atoms with Crippen LogP contribution in [-0.4, -0.2) is 5.84 Å². The van der Waals surface area contributed by atoms with Crippen molar-refractivity contribution in [1.82, 2.24) is 0 Å². The van der Waals surface area contributed by atoms with E-state index in [-0.39, 0.29) is 12.4 Å². The van der Waals surface area contributed by atoms with Crippen molar-refractivity contribution in [2.75, 3.05) is 0 Å². The Kier molecular flexibility index (Phi) is 5.12. The molecule has 0 bridgehead atoms. The van der Waals surface area contributed by atoms with E-state index in [1.165, 1.54) is 0 Å². The van der Waals surface area contributed by atoms with Crippen LogP contribution >= 0.6 is 34.8 Å². The van der Waals surface area contributed by atoms with Gasteiger partial charge in [-0.25, -0.2) is 0 Å². The Morgan fingerprint density at radius 1 is 1.00 bits per heavy atom. The van der Waals surface area contributed by atoms with Crippen LogP contribution in [0.2, 0.25) is 15.1 Å². The van der Waals surface area contributed by atoms with Crippen LogP contribution in [-0.2, 0) is 11.4 Å². The molecule has 2 aromatic rings. The molecule has 20 heavy (non-hydrogen) atoms. The Labute approximate surface area is 131 Å². The summed E-state index contributed by atoms with van der Waals surface area (Å²) in [7, 11) is 0. The van der Waals surface area contributed by atoms with Crippen LogP contribution in [0.25, 0.3) is 0 Å². The van der Waals surface area contributed by atoms with Crippen LogP contribution in [0.15, 0.2) is 47.6 Å². The minimum atomic E-state index is 0.146. The topological polar surface area (TPSA) is 47.6 Å². The summed E-state index contributed by atoms with van der Waals surface area (Å²) in [4.78, 5) is 5.19. The van der Waals surface area contributed by atoms with Gasteiger partial charge in [-0.1, -0.05) is 46.0 Å². The number of rotatable bonds is 4. The van der Waals surface area contributed by atoms with E-state index in [9.17, 15) is 0 Å². The zero-order chi connectivity index (χ0) is 14.5. The van der Waals surface area contributed by atoms with E-state index in [4.69, 9.17) is 45.4 Å². The quantitative estimate of drug-likeness (QED) is 0.510. The van der Waals surface area contributed by atoms with Crippen LogP contribution in [0.3, 0.4) is 0 Å². The van der Waals surface area contributed by atoms with Gasteiger partial charge in [0.05, 0.1) is 0 Å². The number of oxime groups is 1. The third-order valence-corrected chi connectivity index (χ3v) is 3.53. The lowest BCUT2D eigenvalue weighted by Crippen LogP contribution is -2.13. The maximum atomic E-state index is 6.02. The lowest BCUT2D eigenvalue weighted by Gasteiger charge is -2.06. The van der Waals surface area contributed by atoms with Crippen molar-refractivity contribution in [2.24, 2.45) is 10.9 Å². The minimum Gasteiger partial charge on any atom is -0.389 e. The summed E-state index contributed by atoms with van der Waals surface area (Å²) >= 11 is 17.8. The fraction of sp³-hybridized carbons (Fsp3) is 0.0714. The molecule has 2 N–H and O–H groups in total. The first kappa shape index (κ1) is 15.0. The average Bonchev–Trinajstić information content (AvgIpc) is 2.42. The summed E-state index contributed by atoms with van der Waals surface area (Å²) in [5.74, 6) is 0.254. The summed E-state index contributed by atoms with van der Waals surface area (Å²) in [6.07, 6.45) is 0. The Balaban J connectivity index is 2.04. The highest BCUT2D eigenvalue weighted by atomic mass is 35.5. The predicted octanol–water partition coefficient (Wildman–Crippen LogP) is 4.48. The van der Waals surface area contributed by atoms with Crippen LogP contribution in [0.5, 0.6) is 0 Å². The molecule has 0 aliphatic heterocycles. The second-order valence-electron chi connectivity index (χ2n) is 3.96. The second-order valence-corrected chi connectivity index (χ2v) is 5.21. The Morgan fingerprint density at radius 2 is 1.60 bits per heavy atom. The van der Waals surface area contributed by atoms with Gasteiger partial charge in [0.25, 0.3) is 0 Å². The Bertz CT molecular complexity index is 607. The van der Waals surface area contributed by atoms with Gasteiger partial charge in [0.2, 0.25) is 0 Å². The molecule has 0 spiro atoms. The molecule has 0 unspecified atom stereocenters. The van der Waals surface area contributed by atoms with Crippen molar-refractivity contribution in [1.29, 1.82) is 0 Å². The summed E-state index contributed by atoms with van der Waals surface area (Å²) in [6.45, 7) is 0.146.